The molecule has 0 saturated carbocycles. The average Bonchev–Trinajstić information content (AvgIpc) is 2.19. The van der Waals surface area contributed by atoms with E-state index in [4.69, 9.17) is 11.6 Å². The number of halogens is 1. The van der Waals surface area contributed by atoms with Gasteiger partial charge in [-0.05, 0) is 6.92 Å². The predicted octanol–water partition coefficient (Wildman–Crippen LogP) is 1.29. The van der Waals surface area contributed by atoms with Crippen LogP contribution in [-0.4, -0.2) is 37.1 Å². The molecule has 15 heavy (non-hydrogen) atoms. The summed E-state index contributed by atoms with van der Waals surface area (Å²) in [6, 6.07) is 0. The Hall–Kier alpha value is -1.36. The highest BCUT2D eigenvalue weighted by atomic mass is 35.5. The molecule has 0 atom stereocenters. The Labute approximate surface area is 93.0 Å². The minimum absolute atomic E-state index is 0.146. The van der Waals surface area contributed by atoms with Gasteiger partial charge in [-0.3, -0.25) is 0 Å². The number of anilines is 1. The monoisotopic (exact) mass is 229 g/mol. The van der Waals surface area contributed by atoms with Crippen molar-refractivity contribution in [3.8, 4) is 0 Å². The highest BCUT2D eigenvalue weighted by Gasteiger charge is 2.16. The van der Waals surface area contributed by atoms with Crippen molar-refractivity contribution in [2.45, 2.75) is 6.92 Å². The van der Waals surface area contributed by atoms with Crippen molar-refractivity contribution in [3.05, 3.63) is 16.5 Å². The SMILES string of the molecule is COC(=O)c1nc(Cl)c(N(C)C)nc1C. The maximum Gasteiger partial charge on any atom is 0.358 e. The number of nitrogens with zero attached hydrogens (tertiary/aromatic N) is 3. The lowest BCUT2D eigenvalue weighted by atomic mass is 10.3. The fourth-order valence-corrected chi connectivity index (χ4v) is 1.36. The summed E-state index contributed by atoms with van der Waals surface area (Å²) in [5.41, 5.74) is 0.642. The molecule has 0 aliphatic heterocycles. The summed E-state index contributed by atoms with van der Waals surface area (Å²) in [5, 5.41) is 0.186. The molecule has 0 fully saturated rings. The van der Waals surface area contributed by atoms with Gasteiger partial charge in [0.15, 0.2) is 16.7 Å². The van der Waals surface area contributed by atoms with Crippen LogP contribution in [-0.2, 0) is 4.74 Å². The summed E-state index contributed by atoms with van der Waals surface area (Å²) in [6.45, 7) is 1.68. The lowest BCUT2D eigenvalue weighted by Crippen LogP contribution is -2.16. The first-order chi connectivity index (χ1) is 6.97. The Morgan fingerprint density at radius 3 is 2.47 bits per heavy atom. The number of carbonyl (C=O) groups excluding carboxylic acids is 1. The topological polar surface area (TPSA) is 55.3 Å². The molecule has 0 aliphatic carbocycles. The molecule has 0 N–H and O–H groups in total. The Balaban J connectivity index is 3.25. The van der Waals surface area contributed by atoms with Crippen molar-refractivity contribution in [1.29, 1.82) is 0 Å². The van der Waals surface area contributed by atoms with Crippen molar-refractivity contribution in [2.24, 2.45) is 0 Å². The molecule has 0 saturated heterocycles. The summed E-state index contributed by atoms with van der Waals surface area (Å²) in [5.74, 6) is -0.00553. The molecule has 0 aromatic carbocycles. The number of hydrogen-bond donors (Lipinski definition) is 0. The van der Waals surface area contributed by atoms with Crippen LogP contribution in [0.25, 0.3) is 0 Å². The van der Waals surface area contributed by atoms with Crippen molar-refractivity contribution in [3.63, 3.8) is 0 Å². The summed E-state index contributed by atoms with van der Waals surface area (Å²) < 4.78 is 4.56. The first-order valence-electron chi connectivity index (χ1n) is 4.27. The minimum Gasteiger partial charge on any atom is -0.464 e. The number of hydrogen-bond acceptors (Lipinski definition) is 5. The Kier molecular flexibility index (Phi) is 3.47. The zero-order valence-electron chi connectivity index (χ0n) is 9.04. The molecule has 6 heteroatoms. The molecule has 0 amide bonds. The summed E-state index contributed by atoms with van der Waals surface area (Å²) >= 11 is 5.87. The van der Waals surface area contributed by atoms with E-state index in [2.05, 4.69) is 14.7 Å². The second-order valence-electron chi connectivity index (χ2n) is 3.16. The first-order valence-corrected chi connectivity index (χ1v) is 4.65. The van der Waals surface area contributed by atoms with Gasteiger partial charge in [0.1, 0.15) is 0 Å². The number of methoxy groups -OCH3 is 1. The third kappa shape index (κ3) is 2.36. The van der Waals surface area contributed by atoms with Gasteiger partial charge in [-0.25, -0.2) is 14.8 Å². The van der Waals surface area contributed by atoms with E-state index in [1.807, 2.05) is 0 Å². The van der Waals surface area contributed by atoms with E-state index in [0.29, 0.717) is 11.5 Å². The van der Waals surface area contributed by atoms with Crippen molar-refractivity contribution in [2.75, 3.05) is 26.1 Å². The molecule has 82 valence electrons. The minimum atomic E-state index is -0.535. The standard InChI is InChI=1S/C9H12ClN3O2/c1-5-6(9(14)15-4)12-7(10)8(11-5)13(2)3/h1-4H3. The average molecular weight is 230 g/mol. The normalized spacial score (nSPS) is 9.93. The van der Waals surface area contributed by atoms with E-state index < -0.39 is 5.97 Å². The van der Waals surface area contributed by atoms with E-state index in [1.165, 1.54) is 7.11 Å². The van der Waals surface area contributed by atoms with Gasteiger partial charge in [0.25, 0.3) is 0 Å². The lowest BCUT2D eigenvalue weighted by molar-refractivity contribution is 0.0592. The van der Waals surface area contributed by atoms with Crippen LogP contribution < -0.4 is 4.90 Å². The van der Waals surface area contributed by atoms with Gasteiger partial charge in [0.2, 0.25) is 0 Å². The highest BCUT2D eigenvalue weighted by Crippen LogP contribution is 2.21. The molecule has 0 bridgehead atoms. The van der Waals surface area contributed by atoms with Gasteiger partial charge >= 0.3 is 5.97 Å². The van der Waals surface area contributed by atoms with E-state index in [-0.39, 0.29) is 10.8 Å². The fraction of sp³-hybridized carbons (Fsp3) is 0.444. The zero-order chi connectivity index (χ0) is 11.6. The predicted molar refractivity (Wildman–Crippen MR) is 57.4 cm³/mol. The van der Waals surface area contributed by atoms with Crippen LogP contribution in [0.15, 0.2) is 0 Å². The van der Waals surface area contributed by atoms with Crippen LogP contribution in [0, 0.1) is 6.92 Å². The Morgan fingerprint density at radius 2 is 2.00 bits per heavy atom. The second-order valence-corrected chi connectivity index (χ2v) is 3.52. The molecule has 0 unspecified atom stereocenters. The van der Waals surface area contributed by atoms with Gasteiger partial charge in [-0.1, -0.05) is 11.6 Å². The maximum absolute atomic E-state index is 11.3. The van der Waals surface area contributed by atoms with Gasteiger partial charge in [0.05, 0.1) is 12.8 Å². The van der Waals surface area contributed by atoms with Crippen molar-refractivity contribution >= 4 is 23.4 Å². The number of ether oxygens (including phenoxy) is 1. The molecular weight excluding hydrogens is 218 g/mol. The van der Waals surface area contributed by atoms with E-state index in [9.17, 15) is 4.79 Å². The van der Waals surface area contributed by atoms with Crippen LogP contribution in [0.2, 0.25) is 5.15 Å². The Morgan fingerprint density at radius 1 is 1.40 bits per heavy atom. The number of esters is 1. The molecule has 0 aliphatic rings. The molecule has 1 heterocycles. The quantitative estimate of drug-likeness (QED) is 0.716. The third-order valence-corrected chi connectivity index (χ3v) is 2.07. The lowest BCUT2D eigenvalue weighted by Gasteiger charge is -2.14. The maximum atomic E-state index is 11.3. The van der Waals surface area contributed by atoms with E-state index in [0.717, 1.165) is 0 Å². The number of carbonyl (C=O) groups is 1. The summed E-state index contributed by atoms with van der Waals surface area (Å²) in [6.07, 6.45) is 0. The smallest absolute Gasteiger partial charge is 0.358 e. The van der Waals surface area contributed by atoms with Gasteiger partial charge < -0.3 is 9.64 Å². The van der Waals surface area contributed by atoms with Gasteiger partial charge in [-0.15, -0.1) is 0 Å². The molecule has 1 aromatic rings. The van der Waals surface area contributed by atoms with Gasteiger partial charge in [-0.2, -0.15) is 0 Å². The third-order valence-electron chi connectivity index (χ3n) is 1.81. The molecule has 0 radical (unpaired) electrons. The molecule has 1 rings (SSSR count). The highest BCUT2D eigenvalue weighted by molar-refractivity contribution is 6.31. The van der Waals surface area contributed by atoms with Crippen LogP contribution >= 0.6 is 11.6 Å². The molecule has 5 nitrogen and oxygen atoms in total. The second kappa shape index (κ2) is 4.44. The first kappa shape index (κ1) is 11.7. The Bertz CT molecular complexity index is 393. The van der Waals surface area contributed by atoms with Crippen LogP contribution in [0.5, 0.6) is 0 Å². The fourth-order valence-electron chi connectivity index (χ4n) is 1.06. The van der Waals surface area contributed by atoms with Crippen molar-refractivity contribution in [1.82, 2.24) is 9.97 Å². The van der Waals surface area contributed by atoms with E-state index in [1.54, 1.807) is 25.9 Å². The van der Waals surface area contributed by atoms with Crippen LogP contribution in [0.1, 0.15) is 16.2 Å². The number of rotatable bonds is 2. The summed E-state index contributed by atoms with van der Waals surface area (Å²) in [7, 11) is 4.89. The number of aromatic nitrogens is 2. The molecule has 0 spiro atoms. The van der Waals surface area contributed by atoms with Crippen molar-refractivity contribution < 1.29 is 9.53 Å². The van der Waals surface area contributed by atoms with E-state index >= 15 is 0 Å². The number of aryl methyl sites for hydroxylation is 1. The zero-order valence-corrected chi connectivity index (χ0v) is 9.79. The van der Waals surface area contributed by atoms with Crippen LogP contribution in [0.4, 0.5) is 5.82 Å². The van der Waals surface area contributed by atoms with Crippen LogP contribution in [0.3, 0.4) is 0 Å². The molecule has 1 aromatic heterocycles. The van der Waals surface area contributed by atoms with Gasteiger partial charge in [0, 0.05) is 14.1 Å². The summed E-state index contributed by atoms with van der Waals surface area (Å²) in [4.78, 5) is 21.1. The molecular formula is C9H12ClN3O2. The largest absolute Gasteiger partial charge is 0.464 e.